The number of hydrogen-bond donors (Lipinski definition) is 4. The highest BCUT2D eigenvalue weighted by Gasteiger charge is 2.30. The molecular weight excluding hydrogens is 226 g/mol. The first kappa shape index (κ1) is 12.0. The van der Waals surface area contributed by atoms with Crippen LogP contribution in [0.4, 0.5) is 0 Å². The van der Waals surface area contributed by atoms with E-state index < -0.39 is 17.4 Å². The predicted octanol–water partition coefficient (Wildman–Crippen LogP) is -2.15. The maximum Gasteiger partial charge on any atom is 0.325 e. The van der Waals surface area contributed by atoms with E-state index in [0.717, 1.165) is 0 Å². The maximum atomic E-state index is 11.4. The summed E-state index contributed by atoms with van der Waals surface area (Å²) >= 11 is 0. The summed E-state index contributed by atoms with van der Waals surface area (Å²) in [5, 5.41) is 18.6. The van der Waals surface area contributed by atoms with E-state index in [9.17, 15) is 14.7 Å². The van der Waals surface area contributed by atoms with Crippen molar-refractivity contribution in [2.24, 2.45) is 5.92 Å². The summed E-state index contributed by atoms with van der Waals surface area (Å²) in [7, 11) is 0. The second kappa shape index (κ2) is 4.82. The first-order valence-electron chi connectivity index (χ1n) is 5.42. The van der Waals surface area contributed by atoms with Crippen LogP contribution < -0.4 is 11.2 Å². The number of hydrogen-bond acceptors (Lipinski definition) is 5. The minimum atomic E-state index is -0.568. The molecule has 0 amide bonds. The van der Waals surface area contributed by atoms with Gasteiger partial charge in [-0.2, -0.15) is 0 Å². The molecule has 0 spiro atoms. The van der Waals surface area contributed by atoms with Gasteiger partial charge < -0.3 is 15.2 Å². The Morgan fingerprint density at radius 1 is 1.41 bits per heavy atom. The summed E-state index contributed by atoms with van der Waals surface area (Å²) in [6.07, 6.45) is 0.807. The second-order valence-electron chi connectivity index (χ2n) is 4.30. The Morgan fingerprint density at radius 3 is 2.76 bits per heavy atom. The number of H-pyrrole nitrogens is 2. The SMILES string of the molecule is O=c1[nH]cc(CN2CC(O)C(CO)C2)c(=O)[nH]1. The third-order valence-electron chi connectivity index (χ3n) is 3.01. The van der Waals surface area contributed by atoms with Gasteiger partial charge in [0.05, 0.1) is 6.10 Å². The van der Waals surface area contributed by atoms with Gasteiger partial charge in [0.1, 0.15) is 0 Å². The van der Waals surface area contributed by atoms with E-state index >= 15 is 0 Å². The van der Waals surface area contributed by atoms with Crippen molar-refractivity contribution < 1.29 is 10.2 Å². The molecule has 1 aromatic heterocycles. The smallest absolute Gasteiger partial charge is 0.325 e. The lowest BCUT2D eigenvalue weighted by atomic mass is 10.1. The zero-order valence-corrected chi connectivity index (χ0v) is 9.22. The Hall–Kier alpha value is -1.44. The van der Waals surface area contributed by atoms with Gasteiger partial charge in [-0.15, -0.1) is 0 Å². The summed E-state index contributed by atoms with van der Waals surface area (Å²) < 4.78 is 0. The Balaban J connectivity index is 2.07. The van der Waals surface area contributed by atoms with Gasteiger partial charge in [0.2, 0.25) is 0 Å². The standard InChI is InChI=1S/C10H15N3O4/c14-5-7-3-13(4-8(7)15)2-6-1-11-10(17)12-9(6)16/h1,7-8,14-15H,2-5H2,(H2,11,12,16,17). The van der Waals surface area contributed by atoms with Crippen LogP contribution in [-0.2, 0) is 6.54 Å². The van der Waals surface area contributed by atoms with Crippen molar-refractivity contribution in [1.82, 2.24) is 14.9 Å². The van der Waals surface area contributed by atoms with Crippen molar-refractivity contribution in [1.29, 1.82) is 0 Å². The molecule has 2 rings (SSSR count). The summed E-state index contributed by atoms with van der Waals surface area (Å²) in [5.74, 6) is -0.170. The summed E-state index contributed by atoms with van der Waals surface area (Å²) in [5.41, 5.74) is -0.514. The third-order valence-corrected chi connectivity index (χ3v) is 3.01. The van der Waals surface area contributed by atoms with Gasteiger partial charge in [-0.05, 0) is 0 Å². The average molecular weight is 241 g/mol. The van der Waals surface area contributed by atoms with E-state index in [-0.39, 0.29) is 12.5 Å². The van der Waals surface area contributed by atoms with E-state index in [4.69, 9.17) is 5.11 Å². The molecule has 0 bridgehead atoms. The fourth-order valence-corrected chi connectivity index (χ4v) is 2.05. The number of likely N-dealkylation sites (tertiary alicyclic amines) is 1. The van der Waals surface area contributed by atoms with Crippen LogP contribution in [0, 0.1) is 5.92 Å². The van der Waals surface area contributed by atoms with Crippen LogP contribution in [0.5, 0.6) is 0 Å². The van der Waals surface area contributed by atoms with Gasteiger partial charge >= 0.3 is 5.69 Å². The van der Waals surface area contributed by atoms with Gasteiger partial charge in [-0.1, -0.05) is 0 Å². The van der Waals surface area contributed by atoms with Crippen LogP contribution in [0.3, 0.4) is 0 Å². The molecule has 0 aromatic carbocycles. The number of rotatable bonds is 3. The molecule has 4 N–H and O–H groups in total. The molecule has 1 saturated heterocycles. The molecule has 94 valence electrons. The fourth-order valence-electron chi connectivity index (χ4n) is 2.05. The highest BCUT2D eigenvalue weighted by atomic mass is 16.3. The highest BCUT2D eigenvalue weighted by Crippen LogP contribution is 2.17. The minimum absolute atomic E-state index is 0.0698. The first-order valence-corrected chi connectivity index (χ1v) is 5.42. The quantitative estimate of drug-likeness (QED) is 0.482. The number of nitrogens with zero attached hydrogens (tertiary/aromatic N) is 1. The van der Waals surface area contributed by atoms with Crippen molar-refractivity contribution in [2.75, 3.05) is 19.7 Å². The summed E-state index contributed by atoms with van der Waals surface area (Å²) in [6, 6.07) is 0. The second-order valence-corrected chi connectivity index (χ2v) is 4.30. The molecule has 17 heavy (non-hydrogen) atoms. The largest absolute Gasteiger partial charge is 0.396 e. The van der Waals surface area contributed by atoms with Gasteiger partial charge in [-0.3, -0.25) is 14.7 Å². The number of aliphatic hydroxyl groups excluding tert-OH is 2. The lowest BCUT2D eigenvalue weighted by molar-refractivity contribution is 0.103. The molecule has 1 aliphatic rings. The summed E-state index contributed by atoms with van der Waals surface area (Å²) in [4.78, 5) is 28.7. The molecule has 2 atom stereocenters. The van der Waals surface area contributed by atoms with Crippen LogP contribution in [0.15, 0.2) is 15.8 Å². The zero-order chi connectivity index (χ0) is 12.4. The van der Waals surface area contributed by atoms with Crippen LogP contribution in [-0.4, -0.2) is 50.9 Å². The fraction of sp³-hybridized carbons (Fsp3) is 0.600. The molecular formula is C10H15N3O4. The van der Waals surface area contributed by atoms with E-state index in [1.54, 1.807) is 0 Å². The van der Waals surface area contributed by atoms with Gasteiger partial charge in [0.25, 0.3) is 5.56 Å². The van der Waals surface area contributed by atoms with Crippen LogP contribution >= 0.6 is 0 Å². The van der Waals surface area contributed by atoms with Gasteiger partial charge in [0, 0.05) is 43.9 Å². The predicted molar refractivity (Wildman–Crippen MR) is 59.5 cm³/mol. The third kappa shape index (κ3) is 2.63. The van der Waals surface area contributed by atoms with Crippen molar-refractivity contribution in [3.63, 3.8) is 0 Å². The van der Waals surface area contributed by atoms with E-state index in [2.05, 4.69) is 9.97 Å². The molecule has 2 heterocycles. The highest BCUT2D eigenvalue weighted by molar-refractivity contribution is 5.04. The monoisotopic (exact) mass is 241 g/mol. The number of aromatic nitrogens is 2. The van der Waals surface area contributed by atoms with Crippen molar-refractivity contribution in [3.8, 4) is 0 Å². The molecule has 0 radical (unpaired) electrons. The van der Waals surface area contributed by atoms with E-state index in [0.29, 0.717) is 25.2 Å². The normalized spacial score (nSPS) is 25.3. The molecule has 1 fully saturated rings. The molecule has 1 aliphatic heterocycles. The molecule has 7 nitrogen and oxygen atoms in total. The van der Waals surface area contributed by atoms with Crippen LogP contribution in [0.1, 0.15) is 5.56 Å². The molecule has 0 saturated carbocycles. The lowest BCUT2D eigenvalue weighted by Gasteiger charge is -2.13. The van der Waals surface area contributed by atoms with Gasteiger partial charge in [-0.25, -0.2) is 4.79 Å². The Morgan fingerprint density at radius 2 is 2.18 bits per heavy atom. The zero-order valence-electron chi connectivity index (χ0n) is 9.22. The number of nitrogens with one attached hydrogen (secondary N) is 2. The molecule has 1 aromatic rings. The Labute approximate surface area is 96.7 Å². The Kier molecular flexibility index (Phi) is 3.41. The lowest BCUT2D eigenvalue weighted by Crippen LogP contribution is -2.30. The minimum Gasteiger partial charge on any atom is -0.396 e. The molecule has 0 aliphatic carbocycles. The first-order chi connectivity index (χ1) is 8.10. The topological polar surface area (TPSA) is 109 Å². The Bertz CT molecular complexity index is 495. The average Bonchev–Trinajstić information content (AvgIpc) is 2.63. The van der Waals surface area contributed by atoms with Crippen molar-refractivity contribution >= 4 is 0 Å². The van der Waals surface area contributed by atoms with Crippen LogP contribution in [0.25, 0.3) is 0 Å². The molecule has 7 heteroatoms. The van der Waals surface area contributed by atoms with E-state index in [1.165, 1.54) is 6.20 Å². The van der Waals surface area contributed by atoms with E-state index in [1.807, 2.05) is 4.90 Å². The molecule has 2 unspecified atom stereocenters. The van der Waals surface area contributed by atoms with Crippen LogP contribution in [0.2, 0.25) is 0 Å². The number of aliphatic hydroxyl groups is 2. The van der Waals surface area contributed by atoms with Crippen molar-refractivity contribution in [3.05, 3.63) is 32.6 Å². The number of β-amino-alcohol motifs (C(OH)–C–C–N with tert-alkyl or cyclic N) is 1. The van der Waals surface area contributed by atoms with Crippen molar-refractivity contribution in [2.45, 2.75) is 12.6 Å². The van der Waals surface area contributed by atoms with Gasteiger partial charge in [0.15, 0.2) is 0 Å². The maximum absolute atomic E-state index is 11.4. The number of aromatic amines is 2. The summed E-state index contributed by atoms with van der Waals surface area (Å²) in [6.45, 7) is 1.24.